The molecular formula is C19H26N6OS. The van der Waals surface area contributed by atoms with E-state index in [0.29, 0.717) is 18.9 Å². The van der Waals surface area contributed by atoms with E-state index in [1.165, 1.54) is 0 Å². The van der Waals surface area contributed by atoms with Gasteiger partial charge in [-0.15, -0.1) is 11.3 Å². The van der Waals surface area contributed by atoms with Crippen LogP contribution in [-0.2, 0) is 11.3 Å². The average Bonchev–Trinajstić information content (AvgIpc) is 3.21. The van der Waals surface area contributed by atoms with Gasteiger partial charge in [-0.2, -0.15) is 0 Å². The Morgan fingerprint density at radius 3 is 2.85 bits per heavy atom. The molecule has 1 saturated heterocycles. The third-order valence-corrected chi connectivity index (χ3v) is 5.24. The maximum Gasteiger partial charge on any atom is 0.224 e. The molecule has 3 rings (SSSR count). The highest BCUT2D eigenvalue weighted by Crippen LogP contribution is 2.19. The Morgan fingerprint density at radius 2 is 2.15 bits per heavy atom. The Kier molecular flexibility index (Phi) is 6.64. The highest BCUT2D eigenvalue weighted by atomic mass is 32.1. The summed E-state index contributed by atoms with van der Waals surface area (Å²) in [6, 6.07) is 7.76. The molecule has 1 aliphatic rings. The van der Waals surface area contributed by atoms with Crippen molar-refractivity contribution in [1.29, 1.82) is 0 Å². The number of nitrogens with zero attached hydrogens (tertiary/aromatic N) is 4. The minimum absolute atomic E-state index is 0.0377. The van der Waals surface area contributed by atoms with Crippen LogP contribution >= 0.6 is 11.3 Å². The molecule has 144 valence electrons. The van der Waals surface area contributed by atoms with Crippen molar-refractivity contribution in [2.45, 2.75) is 26.3 Å². The first-order valence-electron chi connectivity index (χ1n) is 9.24. The summed E-state index contributed by atoms with van der Waals surface area (Å²) in [6.07, 6.45) is 3.20. The first-order chi connectivity index (χ1) is 13.2. The highest BCUT2D eigenvalue weighted by molar-refractivity contribution is 7.13. The van der Waals surface area contributed by atoms with Crippen molar-refractivity contribution in [3.63, 3.8) is 0 Å². The number of thiazole rings is 1. The number of nitrogens with one attached hydrogen (secondary N) is 1. The van der Waals surface area contributed by atoms with E-state index in [1.54, 1.807) is 11.3 Å². The number of benzene rings is 1. The molecule has 0 bridgehead atoms. The molecule has 3 N–H and O–H groups in total. The molecule has 1 amide bonds. The summed E-state index contributed by atoms with van der Waals surface area (Å²) < 4.78 is 0. The molecule has 1 aromatic carbocycles. The minimum Gasteiger partial charge on any atom is -0.370 e. The van der Waals surface area contributed by atoms with Crippen LogP contribution in [-0.4, -0.2) is 47.9 Å². The number of amides is 1. The largest absolute Gasteiger partial charge is 0.370 e. The highest BCUT2D eigenvalue weighted by Gasteiger charge is 2.19. The van der Waals surface area contributed by atoms with Crippen LogP contribution in [0.5, 0.6) is 0 Å². The van der Waals surface area contributed by atoms with E-state index in [0.717, 1.165) is 49.0 Å². The molecule has 1 aromatic heterocycles. The topological polar surface area (TPSA) is 86.8 Å². The van der Waals surface area contributed by atoms with E-state index in [2.05, 4.69) is 25.1 Å². The Morgan fingerprint density at radius 1 is 1.33 bits per heavy atom. The van der Waals surface area contributed by atoms with Crippen molar-refractivity contribution in [2.75, 3.05) is 36.4 Å². The summed E-state index contributed by atoms with van der Waals surface area (Å²) >= 11 is 1.66. The first kappa shape index (κ1) is 19.2. The monoisotopic (exact) mass is 386 g/mol. The number of hydrogen-bond donors (Lipinski definition) is 2. The molecule has 1 aliphatic heterocycles. The third-order valence-electron chi connectivity index (χ3n) is 4.40. The molecule has 8 heteroatoms. The van der Waals surface area contributed by atoms with Crippen molar-refractivity contribution in [3.05, 3.63) is 41.4 Å². The minimum atomic E-state index is 0.0377. The van der Waals surface area contributed by atoms with Crippen molar-refractivity contribution in [1.82, 2.24) is 9.88 Å². The smallest absolute Gasteiger partial charge is 0.224 e. The van der Waals surface area contributed by atoms with E-state index < -0.39 is 0 Å². The van der Waals surface area contributed by atoms with Crippen LogP contribution in [0.3, 0.4) is 0 Å². The fraction of sp³-hybridized carbons (Fsp3) is 0.421. The maximum absolute atomic E-state index is 11.7. The second kappa shape index (κ2) is 9.36. The van der Waals surface area contributed by atoms with Gasteiger partial charge in [0.15, 0.2) is 11.1 Å². The zero-order chi connectivity index (χ0) is 19.1. The van der Waals surface area contributed by atoms with Crippen molar-refractivity contribution in [3.8, 4) is 0 Å². The molecule has 2 heterocycles. The second-order valence-corrected chi connectivity index (χ2v) is 7.33. The van der Waals surface area contributed by atoms with Crippen molar-refractivity contribution in [2.24, 2.45) is 10.7 Å². The van der Waals surface area contributed by atoms with E-state index in [1.807, 2.05) is 42.8 Å². The van der Waals surface area contributed by atoms with Crippen LogP contribution in [0, 0.1) is 0 Å². The number of rotatable bonds is 6. The lowest BCUT2D eigenvalue weighted by molar-refractivity contribution is -0.116. The van der Waals surface area contributed by atoms with E-state index >= 15 is 0 Å². The number of carbonyl (C=O) groups is 1. The van der Waals surface area contributed by atoms with Gasteiger partial charge in [0.25, 0.3) is 0 Å². The van der Waals surface area contributed by atoms with E-state index in [-0.39, 0.29) is 5.91 Å². The quantitative estimate of drug-likeness (QED) is 0.588. The number of piperazine rings is 1. The summed E-state index contributed by atoms with van der Waals surface area (Å²) in [7, 11) is 0. The zero-order valence-corrected chi connectivity index (χ0v) is 16.4. The molecule has 0 atom stereocenters. The van der Waals surface area contributed by atoms with Gasteiger partial charge in [-0.3, -0.25) is 4.79 Å². The summed E-state index contributed by atoms with van der Waals surface area (Å²) in [5, 5.41) is 5.97. The van der Waals surface area contributed by atoms with Gasteiger partial charge in [-0.25, -0.2) is 9.98 Å². The Bertz CT molecular complexity index is 768. The first-order valence-corrected chi connectivity index (χ1v) is 10.1. The molecule has 0 radical (unpaired) electrons. The zero-order valence-electron chi connectivity index (χ0n) is 15.6. The number of aromatic nitrogens is 1. The van der Waals surface area contributed by atoms with Crippen LogP contribution in [0.1, 0.15) is 25.3 Å². The van der Waals surface area contributed by atoms with Crippen LogP contribution in [0.25, 0.3) is 0 Å². The summed E-state index contributed by atoms with van der Waals surface area (Å²) in [6.45, 7) is 5.94. The predicted octanol–water partition coefficient (Wildman–Crippen LogP) is 2.52. The number of aliphatic imine (C=N–C) groups is 1. The van der Waals surface area contributed by atoms with E-state index in [4.69, 9.17) is 5.73 Å². The molecule has 0 aliphatic carbocycles. The number of nitrogens with two attached hydrogens (primary N) is 1. The van der Waals surface area contributed by atoms with Crippen molar-refractivity contribution < 1.29 is 4.79 Å². The van der Waals surface area contributed by atoms with Gasteiger partial charge in [0.1, 0.15) is 0 Å². The molecule has 0 unspecified atom stereocenters. The molecule has 0 spiro atoms. The Balaban J connectivity index is 1.52. The van der Waals surface area contributed by atoms with Crippen LogP contribution in [0.15, 0.2) is 40.8 Å². The fourth-order valence-electron chi connectivity index (χ4n) is 2.97. The molecular weight excluding hydrogens is 360 g/mol. The van der Waals surface area contributed by atoms with Crippen molar-refractivity contribution >= 4 is 34.0 Å². The van der Waals surface area contributed by atoms with Gasteiger partial charge in [0.05, 0.1) is 6.54 Å². The molecule has 1 fully saturated rings. The Labute approximate surface area is 163 Å². The SMILES string of the molecule is CCCC(=O)Nc1cccc(CN=C(N)N2CCN(c3nccs3)CC2)c1. The maximum atomic E-state index is 11.7. The van der Waals surface area contributed by atoms with E-state index in [9.17, 15) is 4.79 Å². The van der Waals surface area contributed by atoms with Gasteiger partial charge in [-0.05, 0) is 24.1 Å². The van der Waals surface area contributed by atoms with Gasteiger partial charge in [-0.1, -0.05) is 19.1 Å². The van der Waals surface area contributed by atoms with Gasteiger partial charge < -0.3 is 20.9 Å². The normalized spacial score (nSPS) is 15.1. The molecule has 27 heavy (non-hydrogen) atoms. The molecule has 7 nitrogen and oxygen atoms in total. The lowest BCUT2D eigenvalue weighted by Gasteiger charge is -2.35. The van der Waals surface area contributed by atoms with Gasteiger partial charge in [0, 0.05) is 49.9 Å². The lowest BCUT2D eigenvalue weighted by Crippen LogP contribution is -2.51. The molecule has 0 saturated carbocycles. The second-order valence-electron chi connectivity index (χ2n) is 6.46. The Hall–Kier alpha value is -2.61. The molecule has 2 aromatic rings. The number of anilines is 2. The number of hydrogen-bond acceptors (Lipinski definition) is 5. The van der Waals surface area contributed by atoms with Crippen LogP contribution < -0.4 is 16.0 Å². The number of carbonyl (C=O) groups excluding carboxylic acids is 1. The number of guanidine groups is 1. The third kappa shape index (κ3) is 5.43. The van der Waals surface area contributed by atoms with Crippen LogP contribution in [0.2, 0.25) is 0 Å². The standard InChI is InChI=1S/C19H26N6OS/c1-2-4-17(26)23-16-6-3-5-15(13-16)14-22-18(20)24-8-10-25(11-9-24)19-21-7-12-27-19/h3,5-7,12-13H,2,4,8-11,14H2,1H3,(H2,20,22)(H,23,26). The predicted molar refractivity (Wildman–Crippen MR) is 111 cm³/mol. The summed E-state index contributed by atoms with van der Waals surface area (Å²) in [5.74, 6) is 0.602. The van der Waals surface area contributed by atoms with Gasteiger partial charge >= 0.3 is 0 Å². The van der Waals surface area contributed by atoms with Crippen LogP contribution in [0.4, 0.5) is 10.8 Å². The summed E-state index contributed by atoms with van der Waals surface area (Å²) in [4.78, 5) is 25.0. The fourth-order valence-corrected chi connectivity index (χ4v) is 3.67. The average molecular weight is 387 g/mol. The lowest BCUT2D eigenvalue weighted by atomic mass is 10.2. The van der Waals surface area contributed by atoms with Gasteiger partial charge in [0.2, 0.25) is 5.91 Å². The summed E-state index contributed by atoms with van der Waals surface area (Å²) in [5.41, 5.74) is 8.02.